The van der Waals surface area contributed by atoms with Crippen LogP contribution in [0.15, 0.2) is 35.7 Å². The second kappa shape index (κ2) is 5.29. The van der Waals surface area contributed by atoms with Crippen LogP contribution < -0.4 is 4.72 Å². The molecule has 0 atom stereocenters. The van der Waals surface area contributed by atoms with Crippen LogP contribution in [0.5, 0.6) is 0 Å². The Morgan fingerprint density at radius 2 is 2.00 bits per heavy atom. The van der Waals surface area contributed by atoms with Gasteiger partial charge in [0.15, 0.2) is 0 Å². The lowest BCUT2D eigenvalue weighted by Gasteiger charge is -2.13. The van der Waals surface area contributed by atoms with E-state index in [-0.39, 0.29) is 11.6 Å². The molecule has 1 aromatic rings. The highest BCUT2D eigenvalue weighted by atomic mass is 35.5. The number of rotatable bonds is 4. The minimum absolute atomic E-state index is 0.164. The van der Waals surface area contributed by atoms with Crippen molar-refractivity contribution in [2.45, 2.75) is 11.1 Å². The van der Waals surface area contributed by atoms with Crippen molar-refractivity contribution in [3.05, 3.63) is 41.4 Å². The van der Waals surface area contributed by atoms with Crippen molar-refractivity contribution in [3.63, 3.8) is 0 Å². The normalized spacial score (nSPS) is 12.4. The van der Waals surface area contributed by atoms with E-state index in [9.17, 15) is 21.6 Å². The maximum atomic E-state index is 12.7. The van der Waals surface area contributed by atoms with Gasteiger partial charge in [-0.05, 0) is 18.2 Å². The first-order valence-corrected chi connectivity index (χ1v) is 6.52. The van der Waals surface area contributed by atoms with Crippen LogP contribution in [0.3, 0.4) is 0 Å². The predicted molar refractivity (Wildman–Crippen MR) is 61.8 cm³/mol. The molecule has 0 heterocycles. The third-order valence-corrected chi connectivity index (χ3v) is 3.67. The number of hydrogen-bond donors (Lipinski definition) is 1. The summed E-state index contributed by atoms with van der Waals surface area (Å²) in [6.07, 6.45) is -3.58. The Hall–Kier alpha value is -1.05. The van der Waals surface area contributed by atoms with Crippen LogP contribution in [0.2, 0.25) is 5.02 Å². The van der Waals surface area contributed by atoms with Crippen molar-refractivity contribution >= 4 is 21.6 Å². The summed E-state index contributed by atoms with van der Waals surface area (Å²) in [6.45, 7) is 3.11. The summed E-state index contributed by atoms with van der Waals surface area (Å²) >= 11 is 5.45. The fourth-order valence-corrected chi connectivity index (χ4v) is 2.58. The van der Waals surface area contributed by atoms with Gasteiger partial charge in [0.2, 0.25) is 10.0 Å². The van der Waals surface area contributed by atoms with E-state index in [0.29, 0.717) is 6.07 Å². The molecule has 0 aliphatic rings. The molecule has 0 spiro atoms. The first-order valence-electron chi connectivity index (χ1n) is 4.66. The summed E-state index contributed by atoms with van der Waals surface area (Å²) < 4.78 is 63.4. The van der Waals surface area contributed by atoms with Gasteiger partial charge < -0.3 is 0 Å². The highest BCUT2D eigenvalue weighted by Crippen LogP contribution is 2.35. The van der Waals surface area contributed by atoms with Gasteiger partial charge in [-0.15, -0.1) is 6.58 Å². The number of benzene rings is 1. The molecule has 1 rings (SSSR count). The number of sulfonamides is 1. The predicted octanol–water partition coefficient (Wildman–Crippen LogP) is 2.82. The molecule has 0 unspecified atom stereocenters. The number of alkyl halides is 3. The Morgan fingerprint density at radius 3 is 2.50 bits per heavy atom. The molecule has 0 saturated heterocycles. The summed E-state index contributed by atoms with van der Waals surface area (Å²) in [6, 6.07) is 2.47. The molecule has 0 fully saturated rings. The lowest BCUT2D eigenvalue weighted by atomic mass is 10.2. The zero-order chi connectivity index (χ0) is 14.0. The van der Waals surface area contributed by atoms with Crippen molar-refractivity contribution in [2.24, 2.45) is 0 Å². The third-order valence-electron chi connectivity index (χ3n) is 1.95. The van der Waals surface area contributed by atoms with Gasteiger partial charge in [-0.3, -0.25) is 0 Å². The van der Waals surface area contributed by atoms with Gasteiger partial charge in [0.05, 0.1) is 10.5 Å². The topological polar surface area (TPSA) is 46.2 Å². The maximum absolute atomic E-state index is 12.7. The molecule has 8 heteroatoms. The second-order valence-corrected chi connectivity index (χ2v) is 5.45. The highest BCUT2D eigenvalue weighted by Gasteiger charge is 2.37. The van der Waals surface area contributed by atoms with E-state index in [2.05, 4.69) is 6.58 Å². The summed E-state index contributed by atoms with van der Waals surface area (Å²) in [5, 5.41) is -0.190. The Balaban J connectivity index is 3.37. The van der Waals surface area contributed by atoms with Crippen molar-refractivity contribution in [1.82, 2.24) is 4.72 Å². The summed E-state index contributed by atoms with van der Waals surface area (Å²) in [4.78, 5) is -0.860. The Bertz CT molecular complexity index is 555. The van der Waals surface area contributed by atoms with Crippen molar-refractivity contribution in [2.75, 3.05) is 6.54 Å². The second-order valence-electron chi connectivity index (χ2n) is 3.28. The lowest BCUT2D eigenvalue weighted by molar-refractivity contribution is -0.139. The van der Waals surface area contributed by atoms with Gasteiger partial charge >= 0.3 is 6.18 Å². The average Bonchev–Trinajstić information content (AvgIpc) is 2.25. The molecule has 0 saturated carbocycles. The van der Waals surface area contributed by atoms with Gasteiger partial charge in [0.25, 0.3) is 0 Å². The van der Waals surface area contributed by atoms with Crippen molar-refractivity contribution in [1.29, 1.82) is 0 Å². The Kier molecular flexibility index (Phi) is 4.41. The van der Waals surface area contributed by atoms with Crippen LogP contribution in [0.4, 0.5) is 13.2 Å². The number of nitrogens with one attached hydrogen (secondary N) is 1. The molecular weight excluding hydrogens is 291 g/mol. The Morgan fingerprint density at radius 1 is 1.39 bits per heavy atom. The van der Waals surface area contributed by atoms with Gasteiger partial charge in [0.1, 0.15) is 0 Å². The monoisotopic (exact) mass is 299 g/mol. The van der Waals surface area contributed by atoms with Crippen LogP contribution in [0.1, 0.15) is 5.56 Å². The van der Waals surface area contributed by atoms with Crippen LogP contribution in [0, 0.1) is 0 Å². The van der Waals surface area contributed by atoms with E-state index in [1.54, 1.807) is 0 Å². The largest absolute Gasteiger partial charge is 0.417 e. The molecule has 0 aliphatic heterocycles. The molecular formula is C10H9ClF3NO2S. The molecule has 3 nitrogen and oxygen atoms in total. The smallest absolute Gasteiger partial charge is 0.207 e. The molecule has 0 aromatic heterocycles. The van der Waals surface area contributed by atoms with E-state index in [1.807, 2.05) is 4.72 Å². The molecule has 1 N–H and O–H groups in total. The fourth-order valence-electron chi connectivity index (χ4n) is 1.20. The fraction of sp³-hybridized carbons (Fsp3) is 0.200. The maximum Gasteiger partial charge on any atom is 0.417 e. The molecule has 1 aromatic carbocycles. The zero-order valence-electron chi connectivity index (χ0n) is 8.96. The lowest BCUT2D eigenvalue weighted by Crippen LogP contribution is -2.26. The highest BCUT2D eigenvalue weighted by molar-refractivity contribution is 7.89. The van der Waals surface area contributed by atoms with E-state index >= 15 is 0 Å². The van der Waals surface area contributed by atoms with Gasteiger partial charge in [0, 0.05) is 11.6 Å². The SMILES string of the molecule is C=CCNS(=O)(=O)c1ccc(Cl)cc1C(F)(F)F. The van der Waals surface area contributed by atoms with E-state index in [1.165, 1.54) is 6.08 Å². The van der Waals surface area contributed by atoms with Gasteiger partial charge in [-0.25, -0.2) is 13.1 Å². The molecule has 18 heavy (non-hydrogen) atoms. The third kappa shape index (κ3) is 3.47. The van der Waals surface area contributed by atoms with E-state index in [0.717, 1.165) is 12.1 Å². The number of hydrogen-bond acceptors (Lipinski definition) is 2. The molecule has 0 radical (unpaired) electrons. The summed E-state index contributed by atoms with van der Waals surface area (Å²) in [7, 11) is -4.25. The van der Waals surface area contributed by atoms with Crippen LogP contribution >= 0.6 is 11.6 Å². The standard InChI is InChI=1S/C10H9ClF3NO2S/c1-2-5-15-18(16,17)9-4-3-7(11)6-8(9)10(12,13)14/h2-4,6,15H,1,5H2. The average molecular weight is 300 g/mol. The Labute approximate surface area is 107 Å². The quantitative estimate of drug-likeness (QED) is 0.869. The molecule has 0 amide bonds. The van der Waals surface area contributed by atoms with Crippen LogP contribution in [0.25, 0.3) is 0 Å². The van der Waals surface area contributed by atoms with Crippen molar-refractivity contribution in [3.8, 4) is 0 Å². The molecule has 0 aliphatic carbocycles. The molecule has 0 bridgehead atoms. The number of halogens is 4. The van der Waals surface area contributed by atoms with E-state index < -0.39 is 26.7 Å². The van der Waals surface area contributed by atoms with Gasteiger partial charge in [-0.1, -0.05) is 17.7 Å². The van der Waals surface area contributed by atoms with Crippen molar-refractivity contribution < 1.29 is 21.6 Å². The minimum Gasteiger partial charge on any atom is -0.207 e. The first-order chi connectivity index (χ1) is 8.18. The summed E-state index contributed by atoms with van der Waals surface area (Å²) in [5.41, 5.74) is -1.30. The zero-order valence-corrected chi connectivity index (χ0v) is 10.5. The minimum atomic E-state index is -4.80. The van der Waals surface area contributed by atoms with Crippen LogP contribution in [-0.4, -0.2) is 15.0 Å². The van der Waals surface area contributed by atoms with Gasteiger partial charge in [-0.2, -0.15) is 13.2 Å². The first kappa shape index (κ1) is 15.0. The summed E-state index contributed by atoms with van der Waals surface area (Å²) in [5.74, 6) is 0. The van der Waals surface area contributed by atoms with Crippen LogP contribution in [-0.2, 0) is 16.2 Å². The molecule has 100 valence electrons. The van der Waals surface area contributed by atoms with E-state index in [4.69, 9.17) is 11.6 Å².